The Morgan fingerprint density at radius 2 is 2.50 bits per heavy atom. The van der Waals surface area contributed by atoms with Crippen LogP contribution in [0.5, 0.6) is 0 Å². The van der Waals surface area contributed by atoms with Gasteiger partial charge >= 0.3 is 0 Å². The van der Waals surface area contributed by atoms with Crippen molar-refractivity contribution in [3.05, 3.63) is 11.8 Å². The molecule has 56 valence electrons. The van der Waals surface area contributed by atoms with E-state index in [0.717, 1.165) is 18.5 Å². The highest BCUT2D eigenvalue weighted by Crippen LogP contribution is 1.97. The number of nitrogens with two attached hydrogens (primary N) is 1. The molecule has 0 aromatic carbocycles. The highest BCUT2D eigenvalue weighted by molar-refractivity contribution is 5.04. The molecule has 3 N–H and O–H groups in total. The Morgan fingerprint density at radius 1 is 1.80 bits per heavy atom. The number of unbranched alkanes of at least 4 members (excludes halogenated alkanes) is 1. The summed E-state index contributed by atoms with van der Waals surface area (Å²) in [5.41, 5.74) is 3.29. The lowest BCUT2D eigenvalue weighted by Gasteiger charge is -1.99. The predicted octanol–water partition coefficient (Wildman–Crippen LogP) is 1.05. The summed E-state index contributed by atoms with van der Waals surface area (Å²) >= 11 is 0. The predicted molar refractivity (Wildman–Crippen MR) is 40.5 cm³/mol. The van der Waals surface area contributed by atoms with E-state index in [-0.39, 0.29) is 0 Å². The smallest absolute Gasteiger partial charge is 0.0759 e. The molecule has 0 saturated heterocycles. The van der Waals surface area contributed by atoms with Gasteiger partial charge in [0.25, 0.3) is 0 Å². The zero-order chi connectivity index (χ0) is 7.82. The van der Waals surface area contributed by atoms with Crippen molar-refractivity contribution in [3.63, 3.8) is 0 Å². The molecular weight excluding hydrogens is 126 g/mol. The average Bonchev–Trinajstić information content (AvgIpc) is 1.98. The van der Waals surface area contributed by atoms with Gasteiger partial charge in [0.1, 0.15) is 0 Å². The van der Waals surface area contributed by atoms with Crippen LogP contribution < -0.4 is 11.3 Å². The summed E-state index contributed by atoms with van der Waals surface area (Å²) in [6.07, 6.45) is 4.37. The number of hydrogen-bond acceptors (Lipinski definition) is 3. The molecule has 3 nitrogen and oxygen atoms in total. The van der Waals surface area contributed by atoms with Crippen molar-refractivity contribution < 1.29 is 0 Å². The van der Waals surface area contributed by atoms with Gasteiger partial charge in [0.05, 0.1) is 12.5 Å². The number of allylic oxidation sites excluding steroid dienone is 2. The Bertz CT molecular complexity index is 143. The van der Waals surface area contributed by atoms with E-state index in [1.54, 1.807) is 0 Å². The Kier molecular flexibility index (Phi) is 5.50. The van der Waals surface area contributed by atoms with Gasteiger partial charge in [-0.3, -0.25) is 5.84 Å². The molecule has 0 aliphatic carbocycles. The summed E-state index contributed by atoms with van der Waals surface area (Å²) in [5, 5.41) is 8.28. The lowest BCUT2D eigenvalue weighted by Crippen LogP contribution is -2.20. The second-order valence-electron chi connectivity index (χ2n) is 2.00. The van der Waals surface area contributed by atoms with Gasteiger partial charge < -0.3 is 5.43 Å². The summed E-state index contributed by atoms with van der Waals surface area (Å²) < 4.78 is 0. The Morgan fingerprint density at radius 3 is 2.90 bits per heavy atom. The van der Waals surface area contributed by atoms with Crippen molar-refractivity contribution in [2.24, 2.45) is 5.84 Å². The summed E-state index contributed by atoms with van der Waals surface area (Å²) in [5.74, 6) is 5.13. The standard InChI is InChI=1S/C7H13N3/c1-2-3-4-7(10-9)5-6-8/h4,10H,2-3,5,9H2,1H3/b7-4-. The number of nitrogens with one attached hydrogen (secondary N) is 1. The Balaban J connectivity index is 3.69. The van der Waals surface area contributed by atoms with E-state index in [2.05, 4.69) is 12.3 Å². The molecule has 0 saturated carbocycles. The highest BCUT2D eigenvalue weighted by atomic mass is 15.2. The van der Waals surface area contributed by atoms with Crippen LogP contribution in [0, 0.1) is 11.3 Å². The fraction of sp³-hybridized carbons (Fsp3) is 0.571. The molecule has 0 aromatic rings. The lowest BCUT2D eigenvalue weighted by atomic mass is 10.2. The summed E-state index contributed by atoms with van der Waals surface area (Å²) in [6, 6.07) is 2.02. The number of hydrazine groups is 1. The molecule has 0 aliphatic heterocycles. The minimum Gasteiger partial charge on any atom is -0.328 e. The quantitative estimate of drug-likeness (QED) is 0.452. The first-order valence-electron chi connectivity index (χ1n) is 3.37. The fourth-order valence-corrected chi connectivity index (χ4v) is 0.586. The first kappa shape index (κ1) is 8.99. The molecule has 0 fully saturated rings. The van der Waals surface area contributed by atoms with E-state index < -0.39 is 0 Å². The van der Waals surface area contributed by atoms with E-state index in [0.29, 0.717) is 6.42 Å². The first-order chi connectivity index (χ1) is 4.85. The molecule has 0 spiro atoms. The molecular formula is C7H13N3. The largest absolute Gasteiger partial charge is 0.328 e. The third-order valence-corrected chi connectivity index (χ3v) is 1.13. The third kappa shape index (κ3) is 3.93. The third-order valence-electron chi connectivity index (χ3n) is 1.13. The van der Waals surface area contributed by atoms with Crippen LogP contribution in [0.1, 0.15) is 26.2 Å². The van der Waals surface area contributed by atoms with Gasteiger partial charge in [0, 0.05) is 5.70 Å². The van der Waals surface area contributed by atoms with Crippen LogP contribution in [0.25, 0.3) is 0 Å². The molecule has 0 amide bonds. The monoisotopic (exact) mass is 139 g/mol. The van der Waals surface area contributed by atoms with Crippen LogP contribution in [-0.2, 0) is 0 Å². The van der Waals surface area contributed by atoms with Crippen molar-refractivity contribution in [2.45, 2.75) is 26.2 Å². The maximum absolute atomic E-state index is 8.28. The minimum atomic E-state index is 0.372. The SMILES string of the molecule is CCC/C=C(/CC#N)NN. The second kappa shape index (κ2) is 6.12. The highest BCUT2D eigenvalue weighted by Gasteiger charge is 1.89. The average molecular weight is 139 g/mol. The molecule has 0 rings (SSSR count). The number of nitriles is 1. The summed E-state index contributed by atoms with van der Waals surface area (Å²) in [4.78, 5) is 0. The summed E-state index contributed by atoms with van der Waals surface area (Å²) in [7, 11) is 0. The molecule has 10 heavy (non-hydrogen) atoms. The normalized spacial score (nSPS) is 10.7. The van der Waals surface area contributed by atoms with Crippen molar-refractivity contribution in [1.82, 2.24) is 5.43 Å². The fourth-order valence-electron chi connectivity index (χ4n) is 0.586. The van der Waals surface area contributed by atoms with Gasteiger partial charge in [-0.15, -0.1) is 0 Å². The number of nitrogens with zero attached hydrogens (tertiary/aromatic N) is 1. The summed E-state index contributed by atoms with van der Waals surface area (Å²) in [6.45, 7) is 2.08. The maximum Gasteiger partial charge on any atom is 0.0759 e. The number of hydrogen-bond donors (Lipinski definition) is 2. The van der Waals surface area contributed by atoms with Gasteiger partial charge in [-0.25, -0.2) is 0 Å². The van der Waals surface area contributed by atoms with Crippen molar-refractivity contribution in [3.8, 4) is 6.07 Å². The molecule has 0 atom stereocenters. The van der Waals surface area contributed by atoms with E-state index in [4.69, 9.17) is 11.1 Å². The topological polar surface area (TPSA) is 61.8 Å². The van der Waals surface area contributed by atoms with Crippen LogP contribution in [-0.4, -0.2) is 0 Å². The van der Waals surface area contributed by atoms with E-state index in [1.807, 2.05) is 12.1 Å². The molecule has 0 aromatic heterocycles. The van der Waals surface area contributed by atoms with Crippen molar-refractivity contribution in [1.29, 1.82) is 5.26 Å². The molecule has 0 aliphatic rings. The second-order valence-corrected chi connectivity index (χ2v) is 2.00. The zero-order valence-corrected chi connectivity index (χ0v) is 6.22. The van der Waals surface area contributed by atoms with Crippen molar-refractivity contribution in [2.75, 3.05) is 0 Å². The van der Waals surface area contributed by atoms with Crippen LogP contribution in [0.15, 0.2) is 11.8 Å². The van der Waals surface area contributed by atoms with E-state index in [9.17, 15) is 0 Å². The Hall–Kier alpha value is -1.01. The van der Waals surface area contributed by atoms with Crippen molar-refractivity contribution >= 4 is 0 Å². The zero-order valence-electron chi connectivity index (χ0n) is 6.22. The molecule has 0 heterocycles. The lowest BCUT2D eigenvalue weighted by molar-refractivity contribution is 0.829. The van der Waals surface area contributed by atoms with Gasteiger partial charge in [-0.1, -0.05) is 19.4 Å². The first-order valence-corrected chi connectivity index (χ1v) is 3.37. The van der Waals surface area contributed by atoms with Gasteiger partial charge in [-0.05, 0) is 6.42 Å². The van der Waals surface area contributed by atoms with Gasteiger partial charge in [0.2, 0.25) is 0 Å². The van der Waals surface area contributed by atoms with Crippen LogP contribution in [0.3, 0.4) is 0 Å². The van der Waals surface area contributed by atoms with Gasteiger partial charge in [-0.2, -0.15) is 5.26 Å². The molecule has 0 unspecified atom stereocenters. The maximum atomic E-state index is 8.28. The Labute approximate surface area is 61.5 Å². The molecule has 0 bridgehead atoms. The van der Waals surface area contributed by atoms with E-state index in [1.165, 1.54) is 0 Å². The number of rotatable bonds is 4. The molecule has 0 radical (unpaired) electrons. The molecule has 3 heteroatoms. The van der Waals surface area contributed by atoms with Crippen LogP contribution in [0.2, 0.25) is 0 Å². The van der Waals surface area contributed by atoms with Crippen LogP contribution >= 0.6 is 0 Å². The van der Waals surface area contributed by atoms with Crippen LogP contribution in [0.4, 0.5) is 0 Å². The van der Waals surface area contributed by atoms with Gasteiger partial charge in [0.15, 0.2) is 0 Å². The minimum absolute atomic E-state index is 0.372. The van der Waals surface area contributed by atoms with E-state index >= 15 is 0 Å².